The third-order valence-corrected chi connectivity index (χ3v) is 8.51. The first-order valence-corrected chi connectivity index (χ1v) is 12.4. The molecule has 6 unspecified atom stereocenters. The molecule has 29 heavy (non-hydrogen) atoms. The van der Waals surface area contributed by atoms with Gasteiger partial charge in [0.25, 0.3) is 0 Å². The van der Waals surface area contributed by atoms with Gasteiger partial charge in [-0.2, -0.15) is 0 Å². The van der Waals surface area contributed by atoms with Crippen molar-refractivity contribution in [3.05, 3.63) is 36.0 Å². The van der Waals surface area contributed by atoms with Crippen LogP contribution in [0, 0.1) is 17.3 Å². The van der Waals surface area contributed by atoms with E-state index in [4.69, 9.17) is 0 Å². The van der Waals surface area contributed by atoms with Gasteiger partial charge in [0.1, 0.15) is 0 Å². The van der Waals surface area contributed by atoms with Gasteiger partial charge in [-0.1, -0.05) is 36.0 Å². The van der Waals surface area contributed by atoms with Gasteiger partial charge >= 0.3 is 0 Å². The second-order valence-corrected chi connectivity index (χ2v) is 10.4. The minimum Gasteiger partial charge on any atom is -0.391 e. The van der Waals surface area contributed by atoms with E-state index >= 15 is 0 Å². The van der Waals surface area contributed by atoms with Crippen molar-refractivity contribution in [1.82, 2.24) is 9.80 Å². The van der Waals surface area contributed by atoms with E-state index in [1.165, 1.54) is 83.8 Å². The van der Waals surface area contributed by atoms with Crippen molar-refractivity contribution >= 4 is 0 Å². The zero-order valence-electron chi connectivity index (χ0n) is 18.1. The van der Waals surface area contributed by atoms with Gasteiger partial charge in [-0.25, -0.2) is 0 Å². The van der Waals surface area contributed by atoms with E-state index in [0.717, 1.165) is 13.1 Å². The maximum atomic E-state index is 11.4. The molecule has 5 aliphatic heterocycles. The van der Waals surface area contributed by atoms with Crippen LogP contribution in [0.25, 0.3) is 0 Å². The fraction of sp³-hybridized carbons (Fsp3) is 0.769. The average Bonchev–Trinajstić information content (AvgIpc) is 2.73. The van der Waals surface area contributed by atoms with Gasteiger partial charge in [0, 0.05) is 37.0 Å². The lowest BCUT2D eigenvalue weighted by atomic mass is 9.51. The number of piperidine rings is 2. The minimum absolute atomic E-state index is 0.159. The predicted molar refractivity (Wildman–Crippen MR) is 120 cm³/mol. The molecule has 3 nitrogen and oxygen atoms in total. The standard InChI is InChI=1S/C26H40N2O/c29-23-19-27-15-11-7-3-1-5-9-13-21-17-22-18-28-16-12-8-4-2-6-10-14-26(20-27,24(22)23)25(21)28/h1-2,5-6,17,22-25,29H,3-4,7-16,18-20H2/b5-1-,6-2-/t22?,23-,24?,25?,26?/m1/s1. The van der Waals surface area contributed by atoms with Crippen LogP contribution in [0.2, 0.25) is 0 Å². The normalized spacial score (nSPS) is 47.7. The molecule has 1 spiro atoms. The number of aliphatic hydroxyl groups is 1. The Morgan fingerprint density at radius 2 is 1.62 bits per heavy atom. The Bertz CT molecular complexity index is 668. The molecule has 2 fully saturated rings. The van der Waals surface area contributed by atoms with Gasteiger partial charge in [0.2, 0.25) is 0 Å². The summed E-state index contributed by atoms with van der Waals surface area (Å²) in [6, 6.07) is 0.551. The number of hydrogen-bond acceptors (Lipinski definition) is 3. The van der Waals surface area contributed by atoms with Gasteiger partial charge in [0.05, 0.1) is 6.10 Å². The molecule has 2 saturated heterocycles. The molecule has 0 aromatic carbocycles. The third kappa shape index (κ3) is 3.79. The van der Waals surface area contributed by atoms with E-state index < -0.39 is 0 Å². The topological polar surface area (TPSA) is 26.7 Å². The van der Waals surface area contributed by atoms with Crippen LogP contribution in [0.3, 0.4) is 0 Å². The van der Waals surface area contributed by atoms with Crippen LogP contribution < -0.4 is 0 Å². The minimum atomic E-state index is -0.159. The second kappa shape index (κ2) is 8.69. The quantitative estimate of drug-likeness (QED) is 0.609. The fourth-order valence-corrected chi connectivity index (χ4v) is 7.55. The van der Waals surface area contributed by atoms with Crippen LogP contribution >= 0.6 is 0 Å². The Hall–Kier alpha value is -0.900. The number of hydrogen-bond donors (Lipinski definition) is 1. The van der Waals surface area contributed by atoms with Gasteiger partial charge < -0.3 is 10.0 Å². The molecule has 6 rings (SSSR count). The first-order chi connectivity index (χ1) is 14.3. The Labute approximate surface area is 177 Å². The molecular weight excluding hydrogens is 356 g/mol. The monoisotopic (exact) mass is 396 g/mol. The Balaban J connectivity index is 1.57. The van der Waals surface area contributed by atoms with Crippen LogP contribution in [-0.2, 0) is 0 Å². The molecule has 6 bridgehead atoms. The molecular formula is C26H40N2O. The molecule has 0 aromatic heterocycles. The van der Waals surface area contributed by atoms with Crippen molar-refractivity contribution < 1.29 is 5.11 Å². The highest BCUT2D eigenvalue weighted by Crippen LogP contribution is 2.57. The molecule has 0 radical (unpaired) electrons. The highest BCUT2D eigenvalue weighted by molar-refractivity contribution is 5.31. The van der Waals surface area contributed by atoms with Crippen LogP contribution in [0.4, 0.5) is 0 Å². The van der Waals surface area contributed by atoms with Crippen molar-refractivity contribution in [2.75, 3.05) is 32.7 Å². The summed E-state index contributed by atoms with van der Waals surface area (Å²) in [5.74, 6) is 1.00. The molecule has 7 atom stereocenters. The molecule has 1 aliphatic carbocycles. The highest BCUT2D eigenvalue weighted by Gasteiger charge is 2.61. The number of allylic oxidation sites excluding steroid dienone is 4. The Kier molecular flexibility index (Phi) is 6.00. The summed E-state index contributed by atoms with van der Waals surface area (Å²) < 4.78 is 0. The third-order valence-electron chi connectivity index (χ3n) is 8.51. The SMILES string of the molecule is O[C@@H]1CN2CCCC/C=C\CCC3=CC4CN5CCCC/C=C\CCC(C2)(C41)C35. The average molecular weight is 397 g/mol. The fourth-order valence-electron chi connectivity index (χ4n) is 7.55. The van der Waals surface area contributed by atoms with Crippen molar-refractivity contribution in [3.63, 3.8) is 0 Å². The number of rotatable bonds is 0. The lowest BCUT2D eigenvalue weighted by Crippen LogP contribution is -2.72. The zero-order chi connectivity index (χ0) is 19.7. The molecule has 0 aromatic rings. The van der Waals surface area contributed by atoms with Gasteiger partial charge in [-0.05, 0) is 83.2 Å². The largest absolute Gasteiger partial charge is 0.391 e. The lowest BCUT2D eigenvalue weighted by molar-refractivity contribution is -0.160. The highest BCUT2D eigenvalue weighted by atomic mass is 16.3. The van der Waals surface area contributed by atoms with Crippen LogP contribution in [0.1, 0.15) is 64.2 Å². The molecule has 5 heterocycles. The van der Waals surface area contributed by atoms with Crippen molar-refractivity contribution in [1.29, 1.82) is 0 Å². The summed E-state index contributed by atoms with van der Waals surface area (Å²) in [6.07, 6.45) is 24.7. The van der Waals surface area contributed by atoms with Crippen LogP contribution in [0.15, 0.2) is 36.0 Å². The summed E-state index contributed by atoms with van der Waals surface area (Å²) >= 11 is 0. The molecule has 160 valence electrons. The Morgan fingerprint density at radius 3 is 2.48 bits per heavy atom. The van der Waals surface area contributed by atoms with E-state index in [1.54, 1.807) is 5.57 Å². The summed E-state index contributed by atoms with van der Waals surface area (Å²) in [5, 5.41) is 11.4. The molecule has 0 saturated carbocycles. The first kappa shape index (κ1) is 20.0. The molecule has 1 N–H and O–H groups in total. The van der Waals surface area contributed by atoms with Crippen LogP contribution in [-0.4, -0.2) is 59.8 Å². The first-order valence-electron chi connectivity index (χ1n) is 12.4. The maximum absolute atomic E-state index is 11.4. The number of aliphatic hydroxyl groups excluding tert-OH is 1. The molecule has 3 heteroatoms. The Morgan fingerprint density at radius 1 is 0.862 bits per heavy atom. The van der Waals surface area contributed by atoms with E-state index in [-0.39, 0.29) is 11.5 Å². The number of nitrogens with zero attached hydrogens (tertiary/aromatic N) is 2. The smallest absolute Gasteiger partial charge is 0.0707 e. The van der Waals surface area contributed by atoms with Gasteiger partial charge in [-0.15, -0.1) is 0 Å². The maximum Gasteiger partial charge on any atom is 0.0707 e. The summed E-state index contributed by atoms with van der Waals surface area (Å²) in [4.78, 5) is 5.50. The summed E-state index contributed by atoms with van der Waals surface area (Å²) in [7, 11) is 0. The molecule has 6 aliphatic rings. The van der Waals surface area contributed by atoms with Crippen molar-refractivity contribution in [3.8, 4) is 0 Å². The lowest BCUT2D eigenvalue weighted by Gasteiger charge is -2.65. The van der Waals surface area contributed by atoms with E-state index in [1.807, 2.05) is 0 Å². The number of fused-ring (bicyclic) bond motifs is 1. The summed E-state index contributed by atoms with van der Waals surface area (Å²) in [5.41, 5.74) is 1.94. The predicted octanol–water partition coefficient (Wildman–Crippen LogP) is 4.55. The van der Waals surface area contributed by atoms with Crippen molar-refractivity contribution in [2.45, 2.75) is 76.4 Å². The van der Waals surface area contributed by atoms with Crippen molar-refractivity contribution in [2.24, 2.45) is 17.3 Å². The van der Waals surface area contributed by atoms with Crippen LogP contribution in [0.5, 0.6) is 0 Å². The van der Waals surface area contributed by atoms with Gasteiger partial charge in [-0.3, -0.25) is 4.90 Å². The summed E-state index contributed by atoms with van der Waals surface area (Å²) in [6.45, 7) is 5.68. The zero-order valence-corrected chi connectivity index (χ0v) is 18.1. The van der Waals surface area contributed by atoms with E-state index in [9.17, 15) is 5.11 Å². The van der Waals surface area contributed by atoms with E-state index in [2.05, 4.69) is 40.2 Å². The van der Waals surface area contributed by atoms with Gasteiger partial charge in [0.15, 0.2) is 0 Å². The van der Waals surface area contributed by atoms with E-state index in [0.29, 0.717) is 17.9 Å². The molecule has 0 amide bonds. The second-order valence-electron chi connectivity index (χ2n) is 10.4.